The normalized spacial score (nSPS) is 16.1. The highest BCUT2D eigenvalue weighted by molar-refractivity contribution is 7.98. The molecule has 1 fully saturated rings. The average Bonchev–Trinajstić information content (AvgIpc) is 2.68. The standard InChI is InChI=1S/C18H23FN4O5S2/c1-12-7-23(8-12)30(26,27)22-16-6-17(28-10-15(25)9-24)21-18(20-16)29-11-13-2-4-14(19)5-3-13/h2-6,12,15,24-25H,7-11H2,1H3,(H,20,21,22). The van der Waals surface area contributed by atoms with Crippen LogP contribution >= 0.6 is 11.8 Å². The van der Waals surface area contributed by atoms with Gasteiger partial charge < -0.3 is 14.9 Å². The van der Waals surface area contributed by atoms with E-state index in [9.17, 15) is 17.9 Å². The Labute approximate surface area is 178 Å². The van der Waals surface area contributed by atoms with Gasteiger partial charge in [0.05, 0.1) is 6.61 Å². The highest BCUT2D eigenvalue weighted by Crippen LogP contribution is 2.26. The zero-order valence-corrected chi connectivity index (χ0v) is 17.9. The number of nitrogens with one attached hydrogen (secondary N) is 1. The summed E-state index contributed by atoms with van der Waals surface area (Å²) in [6.07, 6.45) is -1.10. The first-order valence-electron chi connectivity index (χ1n) is 9.21. The molecule has 3 rings (SSSR count). The van der Waals surface area contributed by atoms with E-state index in [1.165, 1.54) is 34.3 Å². The van der Waals surface area contributed by atoms with Gasteiger partial charge in [0.15, 0.2) is 5.16 Å². The van der Waals surface area contributed by atoms with Crippen LogP contribution in [0.3, 0.4) is 0 Å². The van der Waals surface area contributed by atoms with Crippen molar-refractivity contribution in [1.29, 1.82) is 0 Å². The first kappa shape index (κ1) is 22.7. The highest BCUT2D eigenvalue weighted by atomic mass is 32.2. The molecule has 9 nitrogen and oxygen atoms in total. The van der Waals surface area contributed by atoms with Crippen molar-refractivity contribution in [3.8, 4) is 5.88 Å². The second kappa shape index (κ2) is 9.88. The number of halogens is 1. The number of anilines is 1. The van der Waals surface area contributed by atoms with Crippen LogP contribution in [-0.2, 0) is 16.0 Å². The molecule has 1 unspecified atom stereocenters. The maximum absolute atomic E-state index is 13.1. The fourth-order valence-electron chi connectivity index (χ4n) is 2.59. The van der Waals surface area contributed by atoms with E-state index in [0.29, 0.717) is 24.8 Å². The van der Waals surface area contributed by atoms with Crippen molar-refractivity contribution in [3.05, 3.63) is 41.7 Å². The molecule has 30 heavy (non-hydrogen) atoms. The Morgan fingerprint density at radius 2 is 2.03 bits per heavy atom. The van der Waals surface area contributed by atoms with Crippen LogP contribution in [0.5, 0.6) is 5.88 Å². The molecule has 0 bridgehead atoms. The molecule has 1 aromatic carbocycles. The number of benzene rings is 1. The van der Waals surface area contributed by atoms with Gasteiger partial charge in [0, 0.05) is 24.9 Å². The quantitative estimate of drug-likeness (QED) is 0.359. The van der Waals surface area contributed by atoms with E-state index in [-0.39, 0.29) is 29.3 Å². The number of rotatable bonds is 10. The minimum atomic E-state index is -3.75. The van der Waals surface area contributed by atoms with Gasteiger partial charge in [0.25, 0.3) is 0 Å². The van der Waals surface area contributed by atoms with Crippen LogP contribution in [0.25, 0.3) is 0 Å². The lowest BCUT2D eigenvalue weighted by Gasteiger charge is -2.35. The van der Waals surface area contributed by atoms with E-state index in [2.05, 4.69) is 14.7 Å². The predicted octanol–water partition coefficient (Wildman–Crippen LogP) is 1.25. The van der Waals surface area contributed by atoms with Crippen molar-refractivity contribution in [2.45, 2.75) is 23.9 Å². The van der Waals surface area contributed by atoms with Crippen molar-refractivity contribution >= 4 is 27.8 Å². The largest absolute Gasteiger partial charge is 0.475 e. The van der Waals surface area contributed by atoms with Gasteiger partial charge in [-0.1, -0.05) is 30.8 Å². The zero-order valence-electron chi connectivity index (χ0n) is 16.2. The molecule has 1 atom stereocenters. The predicted molar refractivity (Wildman–Crippen MR) is 110 cm³/mol. The first-order chi connectivity index (χ1) is 14.2. The molecular weight excluding hydrogens is 435 g/mol. The molecule has 0 spiro atoms. The van der Waals surface area contributed by atoms with Gasteiger partial charge in [0.2, 0.25) is 5.88 Å². The van der Waals surface area contributed by atoms with E-state index in [4.69, 9.17) is 9.84 Å². The second-order valence-corrected chi connectivity index (χ2v) is 9.58. The van der Waals surface area contributed by atoms with Crippen LogP contribution in [0.1, 0.15) is 12.5 Å². The Hall–Kier alpha value is -1.99. The lowest BCUT2D eigenvalue weighted by molar-refractivity contribution is 0.0518. The van der Waals surface area contributed by atoms with E-state index >= 15 is 0 Å². The summed E-state index contributed by atoms with van der Waals surface area (Å²) in [5.74, 6) is 0.467. The fraction of sp³-hybridized carbons (Fsp3) is 0.444. The van der Waals surface area contributed by atoms with Gasteiger partial charge in [0.1, 0.15) is 24.3 Å². The number of aromatic nitrogens is 2. The van der Waals surface area contributed by atoms with Gasteiger partial charge in [-0.3, -0.25) is 4.72 Å². The molecular formula is C18H23FN4O5S2. The summed E-state index contributed by atoms with van der Waals surface area (Å²) in [5, 5.41) is 18.7. The molecule has 2 aromatic rings. The van der Waals surface area contributed by atoms with Gasteiger partial charge in [-0.05, 0) is 23.6 Å². The van der Waals surface area contributed by atoms with Crippen LogP contribution in [0.15, 0.2) is 35.5 Å². The fourth-order valence-corrected chi connectivity index (χ4v) is 4.80. The molecule has 3 N–H and O–H groups in total. The molecule has 0 aliphatic carbocycles. The summed E-state index contributed by atoms with van der Waals surface area (Å²) < 4.78 is 47.1. The van der Waals surface area contributed by atoms with Gasteiger partial charge in [-0.25, -0.2) is 9.37 Å². The summed E-state index contributed by atoms with van der Waals surface area (Å²) in [4.78, 5) is 8.43. The van der Waals surface area contributed by atoms with Gasteiger partial charge >= 0.3 is 10.2 Å². The van der Waals surface area contributed by atoms with Crippen LogP contribution < -0.4 is 9.46 Å². The van der Waals surface area contributed by atoms with Crippen LogP contribution in [-0.4, -0.2) is 65.3 Å². The van der Waals surface area contributed by atoms with Crippen molar-refractivity contribution in [1.82, 2.24) is 14.3 Å². The van der Waals surface area contributed by atoms with E-state index in [1.54, 1.807) is 12.1 Å². The number of aliphatic hydroxyl groups excluding tert-OH is 2. The number of thioether (sulfide) groups is 1. The smallest absolute Gasteiger partial charge is 0.302 e. The average molecular weight is 459 g/mol. The highest BCUT2D eigenvalue weighted by Gasteiger charge is 2.33. The number of aliphatic hydroxyl groups is 2. The molecule has 1 saturated heterocycles. The summed E-state index contributed by atoms with van der Waals surface area (Å²) in [6.45, 7) is 2.12. The maximum Gasteiger partial charge on any atom is 0.302 e. The number of hydrogen-bond donors (Lipinski definition) is 3. The van der Waals surface area contributed by atoms with Crippen LogP contribution in [0, 0.1) is 11.7 Å². The number of nitrogens with zero attached hydrogens (tertiary/aromatic N) is 3. The molecule has 1 aliphatic heterocycles. The Morgan fingerprint density at radius 1 is 1.33 bits per heavy atom. The SMILES string of the molecule is CC1CN(S(=O)(=O)Nc2cc(OCC(O)CO)nc(SCc3ccc(F)cc3)n2)C1. The van der Waals surface area contributed by atoms with Crippen LogP contribution in [0.2, 0.25) is 0 Å². The first-order valence-corrected chi connectivity index (χ1v) is 11.6. The Bertz CT molecular complexity index is 956. The van der Waals surface area contributed by atoms with Crippen molar-refractivity contribution < 1.29 is 27.8 Å². The third kappa shape index (κ3) is 6.25. The number of ether oxygens (including phenoxy) is 1. The third-order valence-corrected chi connectivity index (χ3v) is 6.57. The second-order valence-electron chi connectivity index (χ2n) is 6.97. The van der Waals surface area contributed by atoms with Gasteiger partial charge in [-0.15, -0.1) is 0 Å². The lowest BCUT2D eigenvalue weighted by Crippen LogP contribution is -2.50. The van der Waals surface area contributed by atoms with E-state index in [1.807, 2.05) is 6.92 Å². The summed E-state index contributed by atoms with van der Waals surface area (Å²) in [5.41, 5.74) is 0.837. The maximum atomic E-state index is 13.1. The summed E-state index contributed by atoms with van der Waals surface area (Å²) in [6, 6.07) is 7.27. The topological polar surface area (TPSA) is 125 Å². The molecule has 1 aliphatic rings. The molecule has 0 amide bonds. The molecule has 0 saturated carbocycles. The van der Waals surface area contributed by atoms with Crippen LogP contribution in [0.4, 0.5) is 10.2 Å². The van der Waals surface area contributed by atoms with E-state index in [0.717, 1.165) is 5.56 Å². The van der Waals surface area contributed by atoms with Gasteiger partial charge in [-0.2, -0.15) is 17.7 Å². The lowest BCUT2D eigenvalue weighted by atomic mass is 10.1. The molecule has 12 heteroatoms. The van der Waals surface area contributed by atoms with E-state index < -0.39 is 22.9 Å². The Kier molecular flexibility index (Phi) is 7.47. The van der Waals surface area contributed by atoms with Crippen molar-refractivity contribution in [2.75, 3.05) is 31.0 Å². The zero-order chi connectivity index (χ0) is 21.7. The summed E-state index contributed by atoms with van der Waals surface area (Å²) in [7, 11) is -3.75. The van der Waals surface area contributed by atoms with Crippen molar-refractivity contribution in [2.24, 2.45) is 5.92 Å². The Balaban J connectivity index is 1.76. The number of hydrogen-bond acceptors (Lipinski definition) is 8. The monoisotopic (exact) mass is 458 g/mol. The molecule has 2 heterocycles. The minimum absolute atomic E-state index is 0.0275. The minimum Gasteiger partial charge on any atom is -0.475 e. The molecule has 0 radical (unpaired) electrons. The molecule has 164 valence electrons. The Morgan fingerprint density at radius 3 is 2.67 bits per heavy atom. The third-order valence-electron chi connectivity index (χ3n) is 4.20. The molecule has 1 aromatic heterocycles. The van der Waals surface area contributed by atoms with Crippen molar-refractivity contribution in [3.63, 3.8) is 0 Å². The summed E-state index contributed by atoms with van der Waals surface area (Å²) >= 11 is 1.22.